The fourth-order valence-electron chi connectivity index (χ4n) is 10.5. The Labute approximate surface area is 324 Å². The van der Waals surface area contributed by atoms with Gasteiger partial charge >= 0.3 is 0 Å². The highest BCUT2D eigenvalue weighted by Gasteiger charge is 2.53. The molecule has 1 heterocycles. The van der Waals surface area contributed by atoms with E-state index in [2.05, 4.69) is 194 Å². The Morgan fingerprint density at radius 1 is 0.321 bits per heavy atom. The predicted molar refractivity (Wildman–Crippen MR) is 232 cm³/mol. The normalized spacial score (nSPS) is 13.6. The van der Waals surface area contributed by atoms with Crippen LogP contribution in [0.5, 0.6) is 11.5 Å². The molecule has 0 unspecified atom stereocenters. The molecular weight excluding hydrogens is 677 g/mol. The van der Waals surface area contributed by atoms with E-state index < -0.39 is 5.41 Å². The van der Waals surface area contributed by atoms with Crippen molar-refractivity contribution >= 4 is 32.3 Å². The minimum atomic E-state index is -0.527. The molecule has 1 heteroatoms. The molecule has 13 rings (SSSR count). The van der Waals surface area contributed by atoms with Crippen molar-refractivity contribution in [1.29, 1.82) is 0 Å². The molecule has 56 heavy (non-hydrogen) atoms. The van der Waals surface area contributed by atoms with E-state index in [1.165, 1.54) is 105 Å². The summed E-state index contributed by atoms with van der Waals surface area (Å²) in [6, 6.07) is 72.3. The van der Waals surface area contributed by atoms with Crippen LogP contribution in [-0.2, 0) is 5.41 Å². The molecule has 0 N–H and O–H groups in total. The molecule has 0 saturated carbocycles. The van der Waals surface area contributed by atoms with Crippen LogP contribution in [0, 0.1) is 0 Å². The SMILES string of the molecule is c1ccc2c(c1)-c1ccccc1C21c2cc(-c3ccc4c(c3)-c3cccc5cccc(c35)O4)ccc2-c2c1c(-c1ccc3ccccc3c1)cc1ccccc21. The number of hydrogen-bond donors (Lipinski definition) is 0. The molecule has 0 atom stereocenters. The molecule has 0 amide bonds. The van der Waals surface area contributed by atoms with Gasteiger partial charge in [0.25, 0.3) is 0 Å². The summed E-state index contributed by atoms with van der Waals surface area (Å²) in [6.07, 6.45) is 0. The molecule has 2 aliphatic carbocycles. The summed E-state index contributed by atoms with van der Waals surface area (Å²) in [6.45, 7) is 0. The number of fused-ring (bicyclic) bond motifs is 15. The zero-order valence-corrected chi connectivity index (χ0v) is 30.4. The topological polar surface area (TPSA) is 9.23 Å². The van der Waals surface area contributed by atoms with E-state index in [-0.39, 0.29) is 0 Å². The van der Waals surface area contributed by atoms with Gasteiger partial charge in [0.15, 0.2) is 0 Å². The lowest BCUT2D eigenvalue weighted by Gasteiger charge is -2.33. The summed E-state index contributed by atoms with van der Waals surface area (Å²) >= 11 is 0. The Balaban J connectivity index is 1.13. The summed E-state index contributed by atoms with van der Waals surface area (Å²) in [5.74, 6) is 1.82. The van der Waals surface area contributed by atoms with Gasteiger partial charge in [-0.05, 0) is 136 Å². The summed E-state index contributed by atoms with van der Waals surface area (Å²) in [5, 5.41) is 7.42. The monoisotopic (exact) mass is 708 g/mol. The van der Waals surface area contributed by atoms with Crippen molar-refractivity contribution in [2.24, 2.45) is 0 Å². The van der Waals surface area contributed by atoms with Crippen LogP contribution in [0.1, 0.15) is 22.3 Å². The molecule has 0 radical (unpaired) electrons. The number of benzene rings is 10. The summed E-state index contributed by atoms with van der Waals surface area (Å²) in [7, 11) is 0. The van der Waals surface area contributed by atoms with Gasteiger partial charge in [-0.15, -0.1) is 0 Å². The Morgan fingerprint density at radius 2 is 0.964 bits per heavy atom. The van der Waals surface area contributed by atoms with E-state index >= 15 is 0 Å². The van der Waals surface area contributed by atoms with Crippen molar-refractivity contribution in [2.75, 3.05) is 0 Å². The molecule has 10 aromatic rings. The van der Waals surface area contributed by atoms with Gasteiger partial charge < -0.3 is 4.74 Å². The first kappa shape index (κ1) is 30.1. The molecule has 3 aliphatic rings. The Kier molecular flexibility index (Phi) is 5.89. The maximum atomic E-state index is 6.53. The minimum Gasteiger partial charge on any atom is -0.456 e. The second-order valence-corrected chi connectivity index (χ2v) is 15.5. The van der Waals surface area contributed by atoms with Crippen LogP contribution in [0.15, 0.2) is 194 Å². The average Bonchev–Trinajstić information content (AvgIpc) is 3.74. The van der Waals surface area contributed by atoms with Crippen molar-refractivity contribution in [1.82, 2.24) is 0 Å². The van der Waals surface area contributed by atoms with Crippen LogP contribution in [0.4, 0.5) is 0 Å². The van der Waals surface area contributed by atoms with Gasteiger partial charge in [-0.2, -0.15) is 0 Å². The first-order valence-corrected chi connectivity index (χ1v) is 19.5. The smallest absolute Gasteiger partial charge is 0.135 e. The van der Waals surface area contributed by atoms with Crippen LogP contribution in [0.25, 0.3) is 88.0 Å². The zero-order valence-electron chi connectivity index (χ0n) is 30.4. The zero-order chi connectivity index (χ0) is 36.5. The molecule has 1 nitrogen and oxygen atoms in total. The maximum absolute atomic E-state index is 6.53. The molecule has 0 aromatic heterocycles. The molecule has 1 spiro atoms. The van der Waals surface area contributed by atoms with E-state index in [0.717, 1.165) is 17.1 Å². The minimum absolute atomic E-state index is 0.527. The van der Waals surface area contributed by atoms with E-state index in [1.807, 2.05) is 0 Å². The highest BCUT2D eigenvalue weighted by atomic mass is 16.5. The average molecular weight is 709 g/mol. The van der Waals surface area contributed by atoms with Crippen LogP contribution >= 0.6 is 0 Å². The highest BCUT2D eigenvalue weighted by Crippen LogP contribution is 2.66. The third-order valence-corrected chi connectivity index (χ3v) is 12.8. The van der Waals surface area contributed by atoms with E-state index in [1.54, 1.807) is 0 Å². The molecule has 258 valence electrons. The van der Waals surface area contributed by atoms with Crippen LogP contribution in [0.2, 0.25) is 0 Å². The van der Waals surface area contributed by atoms with Gasteiger partial charge in [-0.25, -0.2) is 0 Å². The Morgan fingerprint density at radius 3 is 1.80 bits per heavy atom. The largest absolute Gasteiger partial charge is 0.456 e. The first-order valence-electron chi connectivity index (χ1n) is 19.5. The number of hydrogen-bond acceptors (Lipinski definition) is 1. The molecule has 1 aliphatic heterocycles. The van der Waals surface area contributed by atoms with Gasteiger partial charge in [0.2, 0.25) is 0 Å². The third-order valence-electron chi connectivity index (χ3n) is 12.8. The molecule has 0 saturated heterocycles. The van der Waals surface area contributed by atoms with Crippen LogP contribution in [0.3, 0.4) is 0 Å². The Bertz CT molecular complexity index is 3300. The fourth-order valence-corrected chi connectivity index (χ4v) is 10.5. The molecule has 10 aromatic carbocycles. The lowest BCUT2D eigenvalue weighted by Crippen LogP contribution is -2.26. The predicted octanol–water partition coefficient (Wildman–Crippen LogP) is 14.6. The van der Waals surface area contributed by atoms with E-state index in [0.29, 0.717) is 0 Å². The lowest BCUT2D eigenvalue weighted by molar-refractivity contribution is 0.487. The second-order valence-electron chi connectivity index (χ2n) is 15.5. The van der Waals surface area contributed by atoms with Crippen molar-refractivity contribution in [3.05, 3.63) is 216 Å². The number of ether oxygens (including phenoxy) is 1. The second kappa shape index (κ2) is 10.9. The van der Waals surface area contributed by atoms with Gasteiger partial charge in [0.1, 0.15) is 11.5 Å². The maximum Gasteiger partial charge on any atom is 0.135 e. The Hall–Kier alpha value is -7.22. The highest BCUT2D eigenvalue weighted by molar-refractivity contribution is 6.11. The summed E-state index contributed by atoms with van der Waals surface area (Å²) in [5.41, 5.74) is 17.4. The van der Waals surface area contributed by atoms with Gasteiger partial charge in [-0.1, -0.05) is 158 Å². The van der Waals surface area contributed by atoms with Crippen molar-refractivity contribution in [3.8, 4) is 67.1 Å². The van der Waals surface area contributed by atoms with Crippen molar-refractivity contribution in [3.63, 3.8) is 0 Å². The summed E-state index contributed by atoms with van der Waals surface area (Å²) < 4.78 is 6.53. The number of rotatable bonds is 2. The standard InChI is InChI=1S/C55H32O/c1-2-12-35-29-39(24-23-33(35)11-1)45-31-38-13-3-4-16-40(38)53-44-27-25-37(36-26-28-50-46(30-36)43-19-9-14-34-15-10-22-51(56-50)52(34)43)32-49(44)55(54(45)53)47-20-7-5-17-41(47)42-18-6-8-21-48(42)55/h1-32H. The molecule has 0 fully saturated rings. The quantitative estimate of drug-likeness (QED) is 0.174. The molecular formula is C55H32O. The summed E-state index contributed by atoms with van der Waals surface area (Å²) in [4.78, 5) is 0. The van der Waals surface area contributed by atoms with Crippen LogP contribution in [-0.4, -0.2) is 0 Å². The lowest BCUT2D eigenvalue weighted by atomic mass is 9.68. The van der Waals surface area contributed by atoms with Gasteiger partial charge in [0, 0.05) is 10.9 Å². The van der Waals surface area contributed by atoms with Crippen molar-refractivity contribution in [2.45, 2.75) is 5.41 Å². The first-order chi connectivity index (χ1) is 27.8. The third kappa shape index (κ3) is 3.84. The van der Waals surface area contributed by atoms with Gasteiger partial charge in [-0.3, -0.25) is 0 Å². The van der Waals surface area contributed by atoms with Gasteiger partial charge in [0.05, 0.1) is 5.41 Å². The van der Waals surface area contributed by atoms with E-state index in [4.69, 9.17) is 4.74 Å². The molecule has 0 bridgehead atoms. The van der Waals surface area contributed by atoms with Crippen molar-refractivity contribution < 1.29 is 4.74 Å². The van der Waals surface area contributed by atoms with Crippen LogP contribution < -0.4 is 4.74 Å². The van der Waals surface area contributed by atoms with E-state index in [9.17, 15) is 0 Å². The fraction of sp³-hybridized carbons (Fsp3) is 0.0182.